The molecule has 0 N–H and O–H groups in total. The van der Waals surface area contributed by atoms with Gasteiger partial charge in [-0.3, -0.25) is 0 Å². The molecule has 0 bridgehead atoms. The molecule has 1 unspecified atom stereocenters. The van der Waals surface area contributed by atoms with Crippen molar-refractivity contribution in [3.63, 3.8) is 0 Å². The number of rotatable bonds is 4. The molecule has 0 aliphatic carbocycles. The fourth-order valence-corrected chi connectivity index (χ4v) is 4.29. The van der Waals surface area contributed by atoms with Gasteiger partial charge in [-0.05, 0) is 30.5 Å². The van der Waals surface area contributed by atoms with Crippen LogP contribution < -0.4 is 0 Å². The molecule has 0 saturated carbocycles. The van der Waals surface area contributed by atoms with Gasteiger partial charge in [0.1, 0.15) is 0 Å². The highest BCUT2D eigenvalue weighted by atomic mass is 79.9. The van der Waals surface area contributed by atoms with Gasteiger partial charge in [-0.25, -0.2) is 8.42 Å². The fraction of sp³-hybridized carbons (Fsp3) is 0.500. The van der Waals surface area contributed by atoms with Crippen LogP contribution in [0, 0.1) is 5.92 Å². The van der Waals surface area contributed by atoms with Gasteiger partial charge in [0.05, 0.1) is 11.5 Å². The number of methoxy groups -OCH3 is 1. The largest absolute Gasteiger partial charge is 0.384 e. The maximum absolute atomic E-state index is 12.4. The molecule has 1 fully saturated rings. The molecule has 4 nitrogen and oxygen atoms in total. The first-order valence-corrected chi connectivity index (χ1v) is 8.02. The molecule has 1 aromatic carbocycles. The summed E-state index contributed by atoms with van der Waals surface area (Å²) in [6.45, 7) is 1.73. The monoisotopic (exact) mass is 333 g/mol. The summed E-state index contributed by atoms with van der Waals surface area (Å²) in [4.78, 5) is 0.343. The van der Waals surface area contributed by atoms with Crippen molar-refractivity contribution in [3.8, 4) is 0 Å². The van der Waals surface area contributed by atoms with Gasteiger partial charge >= 0.3 is 0 Å². The third-order valence-corrected chi connectivity index (χ3v) is 5.44. The molecule has 6 heteroatoms. The summed E-state index contributed by atoms with van der Waals surface area (Å²) >= 11 is 3.30. The average Bonchev–Trinajstić information content (AvgIpc) is 2.79. The van der Waals surface area contributed by atoms with Crippen molar-refractivity contribution in [2.45, 2.75) is 11.3 Å². The minimum atomic E-state index is -3.36. The summed E-state index contributed by atoms with van der Waals surface area (Å²) in [7, 11) is -1.72. The lowest BCUT2D eigenvalue weighted by molar-refractivity contribution is 0.157. The number of sulfonamides is 1. The number of benzene rings is 1. The summed E-state index contributed by atoms with van der Waals surface area (Å²) in [6, 6.07) is 6.82. The van der Waals surface area contributed by atoms with E-state index in [1.165, 1.54) is 0 Å². The van der Waals surface area contributed by atoms with Crippen molar-refractivity contribution < 1.29 is 13.2 Å². The van der Waals surface area contributed by atoms with Crippen LogP contribution in [0.1, 0.15) is 6.42 Å². The van der Waals surface area contributed by atoms with Crippen molar-refractivity contribution >= 4 is 26.0 Å². The summed E-state index contributed by atoms with van der Waals surface area (Å²) < 4.78 is 32.2. The molecule has 100 valence electrons. The Morgan fingerprint density at radius 1 is 1.50 bits per heavy atom. The van der Waals surface area contributed by atoms with Gasteiger partial charge in [-0.15, -0.1) is 0 Å². The first kappa shape index (κ1) is 14.0. The summed E-state index contributed by atoms with van der Waals surface area (Å²) in [5.74, 6) is 0.303. The van der Waals surface area contributed by atoms with E-state index in [4.69, 9.17) is 4.74 Å². The van der Waals surface area contributed by atoms with E-state index in [0.717, 1.165) is 10.9 Å². The van der Waals surface area contributed by atoms with Crippen LogP contribution in [0.2, 0.25) is 0 Å². The van der Waals surface area contributed by atoms with Crippen molar-refractivity contribution in [2.24, 2.45) is 5.92 Å². The van der Waals surface area contributed by atoms with E-state index in [-0.39, 0.29) is 0 Å². The van der Waals surface area contributed by atoms with Gasteiger partial charge in [0.2, 0.25) is 10.0 Å². The van der Waals surface area contributed by atoms with E-state index >= 15 is 0 Å². The third-order valence-electron chi connectivity index (χ3n) is 3.08. The molecular formula is C12H16BrNO3S. The average molecular weight is 334 g/mol. The van der Waals surface area contributed by atoms with Gasteiger partial charge in [0.15, 0.2) is 0 Å². The fourth-order valence-electron chi connectivity index (χ4n) is 2.16. The molecule has 0 radical (unpaired) electrons. The molecule has 18 heavy (non-hydrogen) atoms. The number of ether oxygens (including phenoxy) is 1. The van der Waals surface area contributed by atoms with Crippen LogP contribution in [0.25, 0.3) is 0 Å². The summed E-state index contributed by atoms with van der Waals surface area (Å²) in [6.07, 6.45) is 0.862. The van der Waals surface area contributed by atoms with E-state index in [0.29, 0.717) is 30.5 Å². The molecule has 0 spiro atoms. The topological polar surface area (TPSA) is 46.6 Å². The standard InChI is InChI=1S/C12H16BrNO3S/c1-17-9-10-5-6-14(8-10)18(15,16)12-4-2-3-11(13)7-12/h2-4,7,10H,5-6,8-9H2,1H3. The molecule has 0 aromatic heterocycles. The molecule has 1 heterocycles. The molecule has 1 aliphatic heterocycles. The van der Waals surface area contributed by atoms with E-state index in [9.17, 15) is 8.42 Å². The Morgan fingerprint density at radius 3 is 2.94 bits per heavy atom. The van der Waals surface area contributed by atoms with Gasteiger partial charge in [-0.1, -0.05) is 22.0 Å². The van der Waals surface area contributed by atoms with Crippen molar-refractivity contribution in [1.29, 1.82) is 0 Å². The minimum Gasteiger partial charge on any atom is -0.384 e. The predicted molar refractivity (Wildman–Crippen MR) is 72.9 cm³/mol. The van der Waals surface area contributed by atoms with E-state index < -0.39 is 10.0 Å². The highest BCUT2D eigenvalue weighted by Gasteiger charge is 2.32. The zero-order chi connectivity index (χ0) is 13.2. The third kappa shape index (κ3) is 2.93. The number of hydrogen-bond acceptors (Lipinski definition) is 3. The second kappa shape index (κ2) is 5.69. The number of halogens is 1. The first-order valence-electron chi connectivity index (χ1n) is 5.78. The smallest absolute Gasteiger partial charge is 0.243 e. The maximum Gasteiger partial charge on any atom is 0.243 e. The van der Waals surface area contributed by atoms with Crippen molar-refractivity contribution in [3.05, 3.63) is 28.7 Å². The van der Waals surface area contributed by atoms with Gasteiger partial charge < -0.3 is 4.74 Å². The Labute approximate surface area is 116 Å². The van der Waals surface area contributed by atoms with Crippen LogP contribution in [0.15, 0.2) is 33.6 Å². The summed E-state index contributed by atoms with van der Waals surface area (Å²) in [5.41, 5.74) is 0. The Balaban J connectivity index is 2.18. The van der Waals surface area contributed by atoms with E-state index in [2.05, 4.69) is 15.9 Å². The van der Waals surface area contributed by atoms with Gasteiger partial charge in [0.25, 0.3) is 0 Å². The Morgan fingerprint density at radius 2 is 2.28 bits per heavy atom. The molecule has 1 aromatic rings. The molecule has 1 saturated heterocycles. The first-order chi connectivity index (χ1) is 8.54. The Hall–Kier alpha value is -0.430. The van der Waals surface area contributed by atoms with Crippen molar-refractivity contribution in [1.82, 2.24) is 4.31 Å². The second-order valence-corrected chi connectivity index (χ2v) is 7.28. The Bertz CT molecular complexity index is 518. The lowest BCUT2D eigenvalue weighted by Crippen LogP contribution is -2.29. The normalized spacial score (nSPS) is 21.3. The predicted octanol–water partition coefficient (Wildman–Crippen LogP) is 2.11. The SMILES string of the molecule is COCC1CCN(S(=O)(=O)c2cccc(Br)c2)C1. The van der Waals surface area contributed by atoms with Crippen molar-refractivity contribution in [2.75, 3.05) is 26.8 Å². The maximum atomic E-state index is 12.4. The van der Waals surface area contributed by atoms with E-state index in [1.54, 1.807) is 29.6 Å². The molecule has 2 rings (SSSR count). The second-order valence-electron chi connectivity index (χ2n) is 4.43. The lowest BCUT2D eigenvalue weighted by atomic mass is 10.1. The summed E-state index contributed by atoms with van der Waals surface area (Å²) in [5, 5.41) is 0. The van der Waals surface area contributed by atoms with Crippen LogP contribution in [0.3, 0.4) is 0 Å². The lowest BCUT2D eigenvalue weighted by Gasteiger charge is -2.16. The van der Waals surface area contributed by atoms with Crippen LogP contribution in [0.5, 0.6) is 0 Å². The van der Waals surface area contributed by atoms with Crippen LogP contribution >= 0.6 is 15.9 Å². The highest BCUT2D eigenvalue weighted by Crippen LogP contribution is 2.25. The van der Waals surface area contributed by atoms with Crippen LogP contribution in [0.4, 0.5) is 0 Å². The minimum absolute atomic E-state index is 0.303. The molecule has 0 amide bonds. The number of hydrogen-bond donors (Lipinski definition) is 0. The van der Waals surface area contributed by atoms with Crippen LogP contribution in [-0.2, 0) is 14.8 Å². The number of nitrogens with zero attached hydrogens (tertiary/aromatic N) is 1. The molecule has 1 aliphatic rings. The van der Waals surface area contributed by atoms with E-state index in [1.807, 2.05) is 6.07 Å². The van der Waals surface area contributed by atoms with Gasteiger partial charge in [-0.2, -0.15) is 4.31 Å². The zero-order valence-electron chi connectivity index (χ0n) is 10.2. The Kier molecular flexibility index (Phi) is 4.42. The van der Waals surface area contributed by atoms with Gasteiger partial charge in [0, 0.05) is 24.7 Å². The molecular weight excluding hydrogens is 318 g/mol. The zero-order valence-corrected chi connectivity index (χ0v) is 12.6. The van der Waals surface area contributed by atoms with Crippen LogP contribution in [-0.4, -0.2) is 39.5 Å². The molecule has 1 atom stereocenters. The quantitative estimate of drug-likeness (QED) is 0.847. The highest BCUT2D eigenvalue weighted by molar-refractivity contribution is 9.10.